The van der Waals surface area contributed by atoms with Gasteiger partial charge in [-0.05, 0) is 73.4 Å². The number of aryl methyl sites for hydroxylation is 1. The smallest absolute Gasteiger partial charge is 0.264 e. The van der Waals surface area contributed by atoms with Gasteiger partial charge in [0.25, 0.3) is 10.0 Å². The molecule has 3 aromatic carbocycles. The lowest BCUT2D eigenvalue weighted by Gasteiger charge is -2.43. The van der Waals surface area contributed by atoms with Crippen molar-refractivity contribution in [1.29, 1.82) is 0 Å². The molecule has 2 aliphatic heterocycles. The third kappa shape index (κ3) is 5.62. The Labute approximate surface area is 226 Å². The first-order valence-electron chi connectivity index (χ1n) is 12.8. The molecule has 3 aromatic rings. The molecule has 10 heteroatoms. The van der Waals surface area contributed by atoms with E-state index >= 15 is 0 Å². The molecule has 1 amide bonds. The summed E-state index contributed by atoms with van der Waals surface area (Å²) in [5, 5.41) is 3.06. The SMILES string of the molecule is CC(=O)NC1(C[C@H]2CN(S(=O)(=O)c3cccc(C)c3)c3cc(-c4cc(F)ccc4F)ccc3O2)CCOCC1. The molecule has 1 fully saturated rings. The van der Waals surface area contributed by atoms with Gasteiger partial charge < -0.3 is 14.8 Å². The van der Waals surface area contributed by atoms with E-state index in [1.165, 1.54) is 23.4 Å². The molecule has 5 rings (SSSR count). The van der Waals surface area contributed by atoms with E-state index in [-0.39, 0.29) is 28.6 Å². The molecule has 2 heterocycles. The number of rotatable bonds is 6. The minimum absolute atomic E-state index is 0.0136. The molecule has 0 radical (unpaired) electrons. The molecule has 1 saturated heterocycles. The van der Waals surface area contributed by atoms with Gasteiger partial charge in [-0.1, -0.05) is 18.2 Å². The maximum absolute atomic E-state index is 14.6. The number of amides is 1. The first-order chi connectivity index (χ1) is 18.6. The summed E-state index contributed by atoms with van der Waals surface area (Å²) in [7, 11) is -4.06. The second-order valence-corrected chi connectivity index (χ2v) is 12.0. The highest BCUT2D eigenvalue weighted by atomic mass is 32.2. The van der Waals surface area contributed by atoms with E-state index in [2.05, 4.69) is 5.32 Å². The molecular weight excluding hydrogens is 526 g/mol. The van der Waals surface area contributed by atoms with Crippen molar-refractivity contribution in [1.82, 2.24) is 5.32 Å². The zero-order chi connectivity index (χ0) is 27.8. The molecule has 2 aliphatic rings. The topological polar surface area (TPSA) is 84.9 Å². The number of anilines is 1. The fraction of sp³-hybridized carbons (Fsp3) is 0.345. The van der Waals surface area contributed by atoms with Gasteiger partial charge in [-0.2, -0.15) is 0 Å². The summed E-state index contributed by atoms with van der Waals surface area (Å²) in [5.74, 6) is -1.12. The molecule has 206 valence electrons. The van der Waals surface area contributed by atoms with E-state index in [1.807, 2.05) is 13.0 Å². The van der Waals surface area contributed by atoms with Crippen LogP contribution >= 0.6 is 0 Å². The van der Waals surface area contributed by atoms with Crippen LogP contribution in [-0.4, -0.2) is 45.7 Å². The van der Waals surface area contributed by atoms with Crippen LogP contribution in [0.1, 0.15) is 31.7 Å². The fourth-order valence-electron chi connectivity index (χ4n) is 5.39. The van der Waals surface area contributed by atoms with Gasteiger partial charge >= 0.3 is 0 Å². The van der Waals surface area contributed by atoms with Gasteiger partial charge in [0, 0.05) is 37.7 Å². The van der Waals surface area contributed by atoms with Crippen LogP contribution in [0.2, 0.25) is 0 Å². The number of benzene rings is 3. The van der Waals surface area contributed by atoms with Crippen molar-refractivity contribution >= 4 is 21.6 Å². The lowest BCUT2D eigenvalue weighted by molar-refractivity contribution is -0.122. The Balaban J connectivity index is 1.58. The Morgan fingerprint density at radius 2 is 1.85 bits per heavy atom. The number of carbonyl (C=O) groups excluding carboxylic acids is 1. The number of hydrogen-bond donors (Lipinski definition) is 1. The quantitative estimate of drug-likeness (QED) is 0.464. The number of sulfonamides is 1. The molecule has 0 aromatic heterocycles. The van der Waals surface area contributed by atoms with Crippen molar-refractivity contribution in [2.45, 2.75) is 49.6 Å². The van der Waals surface area contributed by atoms with Gasteiger partial charge in [0.05, 0.1) is 17.1 Å². The standard InChI is InChI=1S/C29H30F2N2O5S/c1-19-4-3-5-24(14-19)39(35,36)33-18-23(17-29(32-20(2)34)10-12-37-13-11-29)38-28-9-6-21(15-27(28)33)25-16-22(30)7-8-26(25)31/h3-9,14-16,23H,10-13,17-18H2,1-2H3,(H,32,34)/t23-/m0/s1. The van der Waals surface area contributed by atoms with E-state index in [0.717, 1.165) is 23.8 Å². The molecule has 7 nitrogen and oxygen atoms in total. The van der Waals surface area contributed by atoms with Crippen LogP contribution in [0.15, 0.2) is 65.6 Å². The van der Waals surface area contributed by atoms with Crippen molar-refractivity contribution in [2.24, 2.45) is 0 Å². The van der Waals surface area contributed by atoms with Crippen LogP contribution in [-0.2, 0) is 19.6 Å². The molecular formula is C29H30F2N2O5S. The molecule has 0 unspecified atom stereocenters. The summed E-state index contributed by atoms with van der Waals surface area (Å²) < 4.78 is 69.7. The maximum atomic E-state index is 14.6. The minimum atomic E-state index is -4.06. The highest BCUT2D eigenvalue weighted by Crippen LogP contribution is 2.42. The Kier molecular flexibility index (Phi) is 7.35. The highest BCUT2D eigenvalue weighted by molar-refractivity contribution is 7.92. The summed E-state index contributed by atoms with van der Waals surface area (Å²) in [6.07, 6.45) is 0.928. The average Bonchev–Trinajstić information content (AvgIpc) is 2.89. The van der Waals surface area contributed by atoms with Gasteiger partial charge in [-0.15, -0.1) is 0 Å². The third-order valence-electron chi connectivity index (χ3n) is 7.22. The van der Waals surface area contributed by atoms with Crippen LogP contribution < -0.4 is 14.4 Å². The Bertz CT molecular complexity index is 1510. The predicted molar refractivity (Wildman–Crippen MR) is 143 cm³/mol. The number of hydrogen-bond acceptors (Lipinski definition) is 5. The zero-order valence-electron chi connectivity index (χ0n) is 21.7. The van der Waals surface area contributed by atoms with E-state index in [0.29, 0.717) is 43.8 Å². The molecule has 0 aliphatic carbocycles. The first-order valence-corrected chi connectivity index (χ1v) is 14.2. The molecule has 1 atom stereocenters. The number of fused-ring (bicyclic) bond motifs is 1. The Morgan fingerprint density at radius 1 is 1.08 bits per heavy atom. The predicted octanol–water partition coefficient (Wildman–Crippen LogP) is 4.97. The molecule has 0 bridgehead atoms. The largest absolute Gasteiger partial charge is 0.486 e. The molecule has 0 spiro atoms. The van der Waals surface area contributed by atoms with Gasteiger partial charge in [-0.25, -0.2) is 17.2 Å². The fourth-order valence-corrected chi connectivity index (χ4v) is 6.99. The summed E-state index contributed by atoms with van der Waals surface area (Å²) in [5.41, 5.74) is 0.740. The van der Waals surface area contributed by atoms with Crippen molar-refractivity contribution in [2.75, 3.05) is 24.1 Å². The van der Waals surface area contributed by atoms with Crippen LogP contribution in [0, 0.1) is 18.6 Å². The van der Waals surface area contributed by atoms with E-state index in [9.17, 15) is 22.0 Å². The van der Waals surface area contributed by atoms with E-state index in [1.54, 1.807) is 24.3 Å². The Hall–Kier alpha value is -3.50. The average molecular weight is 557 g/mol. The van der Waals surface area contributed by atoms with Gasteiger partial charge in [0.15, 0.2) is 0 Å². The highest BCUT2D eigenvalue weighted by Gasteiger charge is 2.41. The second-order valence-electron chi connectivity index (χ2n) is 10.2. The summed E-state index contributed by atoms with van der Waals surface area (Å²) >= 11 is 0. The summed E-state index contributed by atoms with van der Waals surface area (Å²) in [6, 6.07) is 14.4. The normalized spacial score (nSPS) is 18.7. The number of nitrogens with zero attached hydrogens (tertiary/aromatic N) is 1. The zero-order valence-corrected chi connectivity index (χ0v) is 22.6. The number of nitrogens with one attached hydrogen (secondary N) is 1. The monoisotopic (exact) mass is 556 g/mol. The van der Waals surface area contributed by atoms with Crippen molar-refractivity contribution < 1.29 is 31.5 Å². The number of ether oxygens (including phenoxy) is 2. The third-order valence-corrected chi connectivity index (χ3v) is 8.99. The van der Waals surface area contributed by atoms with Crippen molar-refractivity contribution in [3.05, 3.63) is 77.9 Å². The van der Waals surface area contributed by atoms with Crippen LogP contribution in [0.5, 0.6) is 5.75 Å². The maximum Gasteiger partial charge on any atom is 0.264 e. The lowest BCUT2D eigenvalue weighted by atomic mass is 9.84. The van der Waals surface area contributed by atoms with Crippen LogP contribution in [0.25, 0.3) is 11.1 Å². The first kappa shape index (κ1) is 27.1. The van der Waals surface area contributed by atoms with Crippen molar-refractivity contribution in [3.8, 4) is 16.9 Å². The lowest BCUT2D eigenvalue weighted by Crippen LogP contribution is -2.56. The van der Waals surface area contributed by atoms with Gasteiger partial charge in [-0.3, -0.25) is 9.10 Å². The Morgan fingerprint density at radius 3 is 2.56 bits per heavy atom. The van der Waals surface area contributed by atoms with E-state index in [4.69, 9.17) is 9.47 Å². The molecule has 1 N–H and O–H groups in total. The van der Waals surface area contributed by atoms with Crippen LogP contribution in [0.4, 0.5) is 14.5 Å². The van der Waals surface area contributed by atoms with Gasteiger partial charge in [0.1, 0.15) is 23.5 Å². The van der Waals surface area contributed by atoms with Gasteiger partial charge in [0.2, 0.25) is 5.91 Å². The summed E-state index contributed by atoms with van der Waals surface area (Å²) in [4.78, 5) is 12.2. The number of carbonyl (C=O) groups is 1. The minimum Gasteiger partial charge on any atom is -0.486 e. The molecule has 0 saturated carbocycles. The second kappa shape index (κ2) is 10.6. The van der Waals surface area contributed by atoms with Crippen molar-refractivity contribution in [3.63, 3.8) is 0 Å². The van der Waals surface area contributed by atoms with E-state index < -0.39 is 33.3 Å². The summed E-state index contributed by atoms with van der Waals surface area (Å²) in [6.45, 7) is 4.17. The number of halogens is 2. The van der Waals surface area contributed by atoms with Crippen LogP contribution in [0.3, 0.4) is 0 Å². The molecule has 39 heavy (non-hydrogen) atoms.